The Kier molecular flexibility index (Phi) is 6.85. The van der Waals surface area contributed by atoms with Gasteiger partial charge in [0.2, 0.25) is 5.89 Å². The van der Waals surface area contributed by atoms with E-state index in [-0.39, 0.29) is 11.0 Å². The van der Waals surface area contributed by atoms with Gasteiger partial charge in [0.25, 0.3) is 5.91 Å². The molecule has 2 N–H and O–H groups in total. The fourth-order valence-corrected chi connectivity index (χ4v) is 3.43. The molecule has 0 fully saturated rings. The van der Waals surface area contributed by atoms with Crippen LogP contribution in [0.25, 0.3) is 22.6 Å². The third-order valence-corrected chi connectivity index (χ3v) is 4.90. The Bertz CT molecular complexity index is 1280. The van der Waals surface area contributed by atoms with Gasteiger partial charge in [-0.15, -0.1) is 0 Å². The van der Waals surface area contributed by atoms with Crippen molar-refractivity contribution in [3.8, 4) is 23.0 Å². The van der Waals surface area contributed by atoms with Gasteiger partial charge in [0.15, 0.2) is 10.7 Å². The second-order valence-corrected chi connectivity index (χ2v) is 7.44. The first kappa shape index (κ1) is 22.3. The smallest absolute Gasteiger partial charge is 0.257 e. The number of hydrogen-bond acceptors (Lipinski definition) is 6. The van der Waals surface area contributed by atoms with E-state index in [0.29, 0.717) is 47.2 Å². The number of thiocarbonyl (C=S) groups is 1. The molecule has 0 aliphatic rings. The van der Waals surface area contributed by atoms with Crippen molar-refractivity contribution in [2.24, 2.45) is 0 Å². The predicted molar refractivity (Wildman–Crippen MR) is 132 cm³/mol. The number of anilines is 1. The minimum Gasteiger partial charge on any atom is -0.494 e. The van der Waals surface area contributed by atoms with Crippen molar-refractivity contribution in [3.05, 3.63) is 72.3 Å². The van der Waals surface area contributed by atoms with E-state index < -0.39 is 0 Å². The van der Waals surface area contributed by atoms with Gasteiger partial charge in [0, 0.05) is 16.8 Å². The number of fused-ring (bicyclic) bond motifs is 1. The Labute approximate surface area is 196 Å². The summed E-state index contributed by atoms with van der Waals surface area (Å²) in [5.41, 5.74) is 3.30. The molecular formula is C25H23N3O4S. The van der Waals surface area contributed by atoms with Crippen molar-refractivity contribution in [2.75, 3.05) is 18.5 Å². The lowest BCUT2D eigenvalue weighted by atomic mass is 10.2. The van der Waals surface area contributed by atoms with Crippen LogP contribution in [0.3, 0.4) is 0 Å². The molecule has 0 aliphatic heterocycles. The van der Waals surface area contributed by atoms with Crippen LogP contribution in [0, 0.1) is 0 Å². The molecule has 4 aromatic rings. The zero-order valence-corrected chi connectivity index (χ0v) is 19.1. The van der Waals surface area contributed by atoms with Gasteiger partial charge in [-0.25, -0.2) is 4.98 Å². The van der Waals surface area contributed by atoms with Crippen LogP contribution in [0.5, 0.6) is 11.5 Å². The molecule has 0 bridgehead atoms. The van der Waals surface area contributed by atoms with Crippen molar-refractivity contribution in [2.45, 2.75) is 13.8 Å². The lowest BCUT2D eigenvalue weighted by Gasteiger charge is -2.10. The molecule has 0 spiro atoms. The summed E-state index contributed by atoms with van der Waals surface area (Å²) in [6, 6.07) is 19.9. The van der Waals surface area contributed by atoms with Crippen molar-refractivity contribution in [1.29, 1.82) is 0 Å². The molecule has 0 unspecified atom stereocenters. The average molecular weight is 462 g/mol. The third-order valence-electron chi connectivity index (χ3n) is 4.69. The van der Waals surface area contributed by atoms with Crippen LogP contribution >= 0.6 is 12.2 Å². The van der Waals surface area contributed by atoms with E-state index in [9.17, 15) is 4.79 Å². The van der Waals surface area contributed by atoms with E-state index in [2.05, 4.69) is 15.6 Å². The first-order chi connectivity index (χ1) is 16.1. The van der Waals surface area contributed by atoms with E-state index in [1.54, 1.807) is 30.3 Å². The molecule has 1 heterocycles. The maximum Gasteiger partial charge on any atom is 0.257 e. The molecule has 1 aromatic heterocycles. The Morgan fingerprint density at radius 3 is 2.48 bits per heavy atom. The number of oxazole rings is 1. The van der Waals surface area contributed by atoms with Gasteiger partial charge in [-0.05, 0) is 86.7 Å². The van der Waals surface area contributed by atoms with E-state index in [1.807, 2.05) is 50.2 Å². The number of aromatic nitrogens is 1. The number of nitrogens with one attached hydrogen (secondary N) is 2. The molecular weight excluding hydrogens is 438 g/mol. The highest BCUT2D eigenvalue weighted by atomic mass is 32.1. The summed E-state index contributed by atoms with van der Waals surface area (Å²) in [6.07, 6.45) is 0. The maximum absolute atomic E-state index is 12.5. The molecule has 4 rings (SSSR count). The summed E-state index contributed by atoms with van der Waals surface area (Å²) in [7, 11) is 0. The van der Waals surface area contributed by atoms with Crippen molar-refractivity contribution in [1.82, 2.24) is 10.3 Å². The monoisotopic (exact) mass is 461 g/mol. The number of carbonyl (C=O) groups is 1. The van der Waals surface area contributed by atoms with E-state index in [4.69, 9.17) is 26.1 Å². The summed E-state index contributed by atoms with van der Waals surface area (Å²) in [5, 5.41) is 5.87. The largest absolute Gasteiger partial charge is 0.494 e. The number of hydrogen-bond donors (Lipinski definition) is 2. The second-order valence-electron chi connectivity index (χ2n) is 7.03. The summed E-state index contributed by atoms with van der Waals surface area (Å²) in [4.78, 5) is 17.1. The van der Waals surface area contributed by atoms with E-state index >= 15 is 0 Å². The van der Waals surface area contributed by atoms with E-state index in [0.717, 1.165) is 11.3 Å². The molecule has 168 valence electrons. The van der Waals surface area contributed by atoms with Crippen molar-refractivity contribution >= 4 is 40.0 Å². The molecule has 0 saturated carbocycles. The summed E-state index contributed by atoms with van der Waals surface area (Å²) >= 11 is 5.30. The zero-order valence-electron chi connectivity index (χ0n) is 18.3. The number of carbonyl (C=O) groups excluding carboxylic acids is 1. The fourth-order valence-electron chi connectivity index (χ4n) is 3.22. The molecule has 0 saturated heterocycles. The molecule has 0 aliphatic carbocycles. The summed E-state index contributed by atoms with van der Waals surface area (Å²) in [6.45, 7) is 4.96. The second kappa shape index (κ2) is 10.1. The van der Waals surface area contributed by atoms with Crippen LogP contribution in [-0.2, 0) is 0 Å². The highest BCUT2D eigenvalue weighted by Crippen LogP contribution is 2.27. The number of amides is 1. The van der Waals surface area contributed by atoms with Crippen LogP contribution < -0.4 is 20.1 Å². The van der Waals surface area contributed by atoms with Gasteiger partial charge in [0.05, 0.1) is 13.2 Å². The number of ether oxygens (including phenoxy) is 2. The Morgan fingerprint density at radius 1 is 0.970 bits per heavy atom. The Balaban J connectivity index is 1.43. The molecule has 0 atom stereocenters. The lowest BCUT2D eigenvalue weighted by molar-refractivity contribution is 0.0977. The molecule has 1 amide bonds. The molecule has 7 nitrogen and oxygen atoms in total. The average Bonchev–Trinajstić information content (AvgIpc) is 3.23. The molecule has 8 heteroatoms. The van der Waals surface area contributed by atoms with Crippen LogP contribution in [0.1, 0.15) is 24.2 Å². The molecule has 3 aromatic carbocycles. The number of rotatable bonds is 7. The van der Waals surface area contributed by atoms with Gasteiger partial charge in [-0.1, -0.05) is 6.07 Å². The zero-order chi connectivity index (χ0) is 23.2. The van der Waals surface area contributed by atoms with Gasteiger partial charge < -0.3 is 19.2 Å². The first-order valence-electron chi connectivity index (χ1n) is 10.5. The number of benzene rings is 3. The topological polar surface area (TPSA) is 85.6 Å². The summed E-state index contributed by atoms with van der Waals surface area (Å²) < 4.78 is 16.8. The van der Waals surface area contributed by atoms with Crippen LogP contribution in [-0.4, -0.2) is 29.2 Å². The normalized spacial score (nSPS) is 10.6. The first-order valence-corrected chi connectivity index (χ1v) is 11.0. The number of nitrogens with zero attached hydrogens (tertiary/aromatic N) is 1. The van der Waals surface area contributed by atoms with Gasteiger partial charge in [-0.2, -0.15) is 0 Å². The predicted octanol–water partition coefficient (Wildman–Crippen LogP) is 5.42. The van der Waals surface area contributed by atoms with Crippen LogP contribution in [0.2, 0.25) is 0 Å². The van der Waals surface area contributed by atoms with E-state index in [1.165, 1.54) is 0 Å². The highest BCUT2D eigenvalue weighted by Gasteiger charge is 2.12. The fraction of sp³-hybridized carbons (Fsp3) is 0.160. The standard InChI is InChI=1S/C25H23N3O4S/c1-3-30-19-11-8-16(9-12-19)24-27-21-15-18(10-13-22(21)32-24)26-25(33)28-23(29)17-6-5-7-20(14-17)31-4-2/h5-15H,3-4H2,1-2H3,(H2,26,28,29,33). The minimum atomic E-state index is -0.325. The molecule has 33 heavy (non-hydrogen) atoms. The Hall–Kier alpha value is -3.91. The minimum absolute atomic E-state index is 0.177. The van der Waals surface area contributed by atoms with Gasteiger partial charge in [-0.3, -0.25) is 10.1 Å². The van der Waals surface area contributed by atoms with Crippen LogP contribution in [0.15, 0.2) is 71.1 Å². The van der Waals surface area contributed by atoms with Gasteiger partial charge in [0.1, 0.15) is 17.0 Å². The summed E-state index contributed by atoms with van der Waals surface area (Å²) in [5.74, 6) is 1.61. The van der Waals surface area contributed by atoms with Gasteiger partial charge >= 0.3 is 0 Å². The lowest BCUT2D eigenvalue weighted by Crippen LogP contribution is -2.34. The quantitative estimate of drug-likeness (QED) is 0.356. The Morgan fingerprint density at radius 2 is 1.73 bits per heavy atom. The van der Waals surface area contributed by atoms with Crippen LogP contribution in [0.4, 0.5) is 5.69 Å². The SMILES string of the molecule is CCOc1ccc(-c2nc3cc(NC(=S)NC(=O)c4cccc(OCC)c4)ccc3o2)cc1. The van der Waals surface area contributed by atoms with Crippen molar-refractivity contribution in [3.63, 3.8) is 0 Å². The maximum atomic E-state index is 12.5. The third kappa shape index (κ3) is 5.48. The van der Waals surface area contributed by atoms with Crippen molar-refractivity contribution < 1.29 is 18.7 Å². The molecule has 0 radical (unpaired) electrons. The highest BCUT2D eigenvalue weighted by molar-refractivity contribution is 7.80.